The van der Waals surface area contributed by atoms with Crippen molar-refractivity contribution in [3.8, 4) is 11.5 Å². The van der Waals surface area contributed by atoms with Crippen molar-refractivity contribution in [3.63, 3.8) is 0 Å². The highest BCUT2D eigenvalue weighted by molar-refractivity contribution is 7.90. The molecule has 10 heteroatoms. The fourth-order valence-corrected chi connectivity index (χ4v) is 2.88. The first kappa shape index (κ1) is 20.1. The minimum Gasteiger partial charge on any atom is -0.481 e. The van der Waals surface area contributed by atoms with E-state index in [1.165, 1.54) is 18.2 Å². The number of carboxylic acid groups (broad SMARTS) is 1. The molecule has 0 aromatic heterocycles. The first-order chi connectivity index (χ1) is 11.9. The summed E-state index contributed by atoms with van der Waals surface area (Å²) in [6.07, 6.45) is -4.46. The number of carbonyl (C=O) groups is 1. The number of benzene rings is 2. The highest BCUT2D eigenvalue weighted by Crippen LogP contribution is 2.41. The van der Waals surface area contributed by atoms with E-state index in [2.05, 4.69) is 0 Å². The van der Waals surface area contributed by atoms with Crippen LogP contribution in [0.15, 0.2) is 41.3 Å². The number of aliphatic carboxylic acids is 1. The summed E-state index contributed by atoms with van der Waals surface area (Å²) >= 11 is 5.90. The number of ether oxygens (including phenoxy) is 1. The summed E-state index contributed by atoms with van der Waals surface area (Å²) < 4.78 is 68.1. The number of hydrogen-bond acceptors (Lipinski definition) is 4. The number of carboxylic acids is 1. The largest absolute Gasteiger partial charge is 0.481 e. The van der Waals surface area contributed by atoms with Crippen molar-refractivity contribution in [2.45, 2.75) is 17.5 Å². The van der Waals surface area contributed by atoms with E-state index in [9.17, 15) is 26.4 Å². The molecule has 0 heterocycles. The zero-order valence-electron chi connectivity index (χ0n) is 13.2. The SMILES string of the molecule is CS(=O)(=O)c1ccc(Oc2cc(CC(=O)O)ccc2Cl)c(C(F)(F)F)c1. The van der Waals surface area contributed by atoms with Gasteiger partial charge in [-0.15, -0.1) is 0 Å². The first-order valence-electron chi connectivity index (χ1n) is 6.97. The lowest BCUT2D eigenvalue weighted by Crippen LogP contribution is -2.09. The van der Waals surface area contributed by atoms with Crippen LogP contribution >= 0.6 is 11.6 Å². The lowest BCUT2D eigenvalue weighted by molar-refractivity contribution is -0.139. The quantitative estimate of drug-likeness (QED) is 0.802. The van der Waals surface area contributed by atoms with Crippen LogP contribution in [0.3, 0.4) is 0 Å². The third kappa shape index (κ3) is 4.89. The molecule has 0 saturated carbocycles. The predicted octanol–water partition coefficient (Wildman–Crippen LogP) is 4.18. The Balaban J connectivity index is 2.51. The topological polar surface area (TPSA) is 80.7 Å². The molecule has 2 aromatic carbocycles. The van der Waals surface area contributed by atoms with Crippen molar-refractivity contribution in [2.75, 3.05) is 6.26 Å². The van der Waals surface area contributed by atoms with Gasteiger partial charge in [-0.25, -0.2) is 8.42 Å². The Morgan fingerprint density at radius 1 is 1.15 bits per heavy atom. The van der Waals surface area contributed by atoms with Crippen LogP contribution in [0.5, 0.6) is 11.5 Å². The molecule has 0 fully saturated rings. The molecule has 0 saturated heterocycles. The van der Waals surface area contributed by atoms with Crippen LogP contribution in [0, 0.1) is 0 Å². The molecule has 140 valence electrons. The Bertz CT molecular complexity index is 955. The van der Waals surface area contributed by atoms with E-state index in [1.807, 2.05) is 0 Å². The number of rotatable bonds is 5. The van der Waals surface area contributed by atoms with E-state index in [0.717, 1.165) is 18.4 Å². The van der Waals surface area contributed by atoms with Crippen LogP contribution in [0.25, 0.3) is 0 Å². The van der Waals surface area contributed by atoms with Crippen molar-refractivity contribution < 1.29 is 36.2 Å². The second-order valence-corrected chi connectivity index (χ2v) is 7.79. The molecule has 2 rings (SSSR count). The summed E-state index contributed by atoms with van der Waals surface area (Å²) in [5.74, 6) is -1.96. The zero-order valence-corrected chi connectivity index (χ0v) is 14.7. The van der Waals surface area contributed by atoms with Crippen molar-refractivity contribution in [1.29, 1.82) is 0 Å². The van der Waals surface area contributed by atoms with Crippen molar-refractivity contribution in [3.05, 3.63) is 52.5 Å². The van der Waals surface area contributed by atoms with Crippen molar-refractivity contribution >= 4 is 27.4 Å². The maximum atomic E-state index is 13.3. The molecule has 0 amide bonds. The number of halogens is 4. The van der Waals surface area contributed by atoms with Gasteiger partial charge in [-0.1, -0.05) is 17.7 Å². The van der Waals surface area contributed by atoms with Gasteiger partial charge in [0, 0.05) is 6.26 Å². The Labute approximate surface area is 151 Å². The Hall–Kier alpha value is -2.26. The molecule has 0 unspecified atom stereocenters. The molecule has 5 nitrogen and oxygen atoms in total. The van der Waals surface area contributed by atoms with E-state index in [0.29, 0.717) is 6.07 Å². The molecule has 0 spiro atoms. The fraction of sp³-hybridized carbons (Fsp3) is 0.188. The maximum Gasteiger partial charge on any atom is 0.420 e. The zero-order chi connectivity index (χ0) is 19.7. The lowest BCUT2D eigenvalue weighted by atomic mass is 10.1. The van der Waals surface area contributed by atoms with Gasteiger partial charge in [0.2, 0.25) is 0 Å². The van der Waals surface area contributed by atoms with E-state index in [-0.39, 0.29) is 22.8 Å². The van der Waals surface area contributed by atoms with Crippen LogP contribution in [-0.2, 0) is 27.2 Å². The minimum absolute atomic E-state index is 0.0283. The van der Waals surface area contributed by atoms with Crippen LogP contribution in [0.1, 0.15) is 11.1 Å². The minimum atomic E-state index is -4.87. The van der Waals surface area contributed by atoms with Crippen LogP contribution in [0.4, 0.5) is 13.2 Å². The van der Waals surface area contributed by atoms with Crippen molar-refractivity contribution in [1.82, 2.24) is 0 Å². The molecular formula is C16H12ClF3O5S. The summed E-state index contributed by atoms with van der Waals surface area (Å²) in [6, 6.07) is 6.24. The molecule has 2 aromatic rings. The Morgan fingerprint density at radius 2 is 1.81 bits per heavy atom. The van der Waals surface area contributed by atoms with Gasteiger partial charge in [-0.05, 0) is 35.9 Å². The van der Waals surface area contributed by atoms with Crippen molar-refractivity contribution in [2.24, 2.45) is 0 Å². The molecule has 0 aliphatic carbocycles. The average molecular weight is 409 g/mol. The summed E-state index contributed by atoms with van der Waals surface area (Å²) in [5, 5.41) is 8.77. The molecule has 0 aliphatic heterocycles. The molecule has 1 N–H and O–H groups in total. The fourth-order valence-electron chi connectivity index (χ4n) is 2.08. The number of hydrogen-bond donors (Lipinski definition) is 1. The third-order valence-electron chi connectivity index (χ3n) is 3.26. The summed E-state index contributed by atoms with van der Waals surface area (Å²) in [6.45, 7) is 0. The molecule has 0 radical (unpaired) electrons. The van der Waals surface area contributed by atoms with Gasteiger partial charge >= 0.3 is 12.1 Å². The number of alkyl halides is 3. The van der Waals surface area contributed by atoms with Gasteiger partial charge in [-0.2, -0.15) is 13.2 Å². The second-order valence-electron chi connectivity index (χ2n) is 5.37. The lowest BCUT2D eigenvalue weighted by Gasteiger charge is -2.16. The summed E-state index contributed by atoms with van der Waals surface area (Å²) in [7, 11) is -3.85. The van der Waals surface area contributed by atoms with Gasteiger partial charge < -0.3 is 9.84 Å². The van der Waals surface area contributed by atoms with Crippen LogP contribution < -0.4 is 4.74 Å². The van der Waals surface area contributed by atoms with Gasteiger partial charge in [0.1, 0.15) is 11.5 Å². The monoisotopic (exact) mass is 408 g/mol. The smallest absolute Gasteiger partial charge is 0.420 e. The van der Waals surface area contributed by atoms with Crippen LogP contribution in [-0.4, -0.2) is 25.7 Å². The van der Waals surface area contributed by atoms with E-state index in [4.69, 9.17) is 21.4 Å². The van der Waals surface area contributed by atoms with Gasteiger partial charge in [-0.3, -0.25) is 4.79 Å². The predicted molar refractivity (Wildman–Crippen MR) is 87.4 cm³/mol. The maximum absolute atomic E-state index is 13.3. The number of sulfone groups is 1. The Morgan fingerprint density at radius 3 is 2.35 bits per heavy atom. The molecular weight excluding hydrogens is 397 g/mol. The Kier molecular flexibility index (Phi) is 5.52. The third-order valence-corrected chi connectivity index (χ3v) is 4.68. The highest BCUT2D eigenvalue weighted by Gasteiger charge is 2.36. The van der Waals surface area contributed by atoms with E-state index in [1.54, 1.807) is 0 Å². The van der Waals surface area contributed by atoms with E-state index < -0.39 is 38.2 Å². The summed E-state index contributed by atoms with van der Waals surface area (Å²) in [4.78, 5) is 10.2. The normalized spacial score (nSPS) is 12.0. The van der Waals surface area contributed by atoms with Gasteiger partial charge in [0.15, 0.2) is 9.84 Å². The van der Waals surface area contributed by atoms with E-state index >= 15 is 0 Å². The molecule has 0 aliphatic rings. The average Bonchev–Trinajstić information content (AvgIpc) is 2.48. The molecule has 0 atom stereocenters. The first-order valence-corrected chi connectivity index (χ1v) is 9.24. The van der Waals surface area contributed by atoms with Crippen LogP contribution in [0.2, 0.25) is 5.02 Å². The standard InChI is InChI=1S/C16H12ClF3O5S/c1-26(23,24)10-3-5-13(11(8-10)16(18,19)20)25-14-6-9(7-15(21)22)2-4-12(14)17/h2-6,8H,7H2,1H3,(H,21,22). The second kappa shape index (κ2) is 7.16. The molecule has 0 bridgehead atoms. The summed E-state index contributed by atoms with van der Waals surface area (Å²) in [5.41, 5.74) is -1.02. The highest BCUT2D eigenvalue weighted by atomic mass is 35.5. The van der Waals surface area contributed by atoms with Gasteiger partial charge in [0.05, 0.1) is 21.9 Å². The molecule has 26 heavy (non-hydrogen) atoms. The van der Waals surface area contributed by atoms with Gasteiger partial charge in [0.25, 0.3) is 0 Å².